The van der Waals surface area contributed by atoms with Gasteiger partial charge in [0.2, 0.25) is 0 Å². The van der Waals surface area contributed by atoms with Crippen molar-refractivity contribution in [3.63, 3.8) is 0 Å². The Balaban J connectivity index is 1.66. The van der Waals surface area contributed by atoms with Crippen LogP contribution in [0, 0.1) is 6.92 Å². The number of fused-ring (bicyclic) bond motifs is 1. The van der Waals surface area contributed by atoms with E-state index < -0.39 is 11.7 Å². The van der Waals surface area contributed by atoms with Gasteiger partial charge in [0.05, 0.1) is 5.69 Å². The number of hydrogen-bond donors (Lipinski definition) is 3. The minimum atomic E-state index is -0.577. The minimum absolute atomic E-state index is 0.127. The summed E-state index contributed by atoms with van der Waals surface area (Å²) in [5.74, 6) is 0. The molecule has 1 saturated carbocycles. The SMILES string of the molecule is Cc1cc(NC(=O)Nc2c(NC3CCCC3)c3ccccc3oc2=O)ccc1Br. The predicted octanol–water partition coefficient (Wildman–Crippen LogP) is 5.86. The highest BCUT2D eigenvalue weighted by Crippen LogP contribution is 2.32. The molecule has 0 bridgehead atoms. The monoisotopic (exact) mass is 455 g/mol. The standard InChI is InChI=1S/C22H22BrN3O3/c1-13-12-15(10-11-17(13)23)25-22(28)26-20-19(24-14-6-2-3-7-14)16-8-4-5-9-18(16)29-21(20)27/h4-5,8-12,14,24H,2-3,6-7H2,1H3,(H2,25,26,28). The molecule has 3 aromatic rings. The summed E-state index contributed by atoms with van der Waals surface area (Å²) >= 11 is 3.44. The molecule has 6 nitrogen and oxygen atoms in total. The molecule has 4 rings (SSSR count). The van der Waals surface area contributed by atoms with Crippen molar-refractivity contribution < 1.29 is 9.21 Å². The highest BCUT2D eigenvalue weighted by molar-refractivity contribution is 9.10. The summed E-state index contributed by atoms with van der Waals surface area (Å²) in [6.07, 6.45) is 4.39. The van der Waals surface area contributed by atoms with E-state index in [-0.39, 0.29) is 11.7 Å². The van der Waals surface area contributed by atoms with E-state index in [9.17, 15) is 9.59 Å². The molecule has 150 valence electrons. The lowest BCUT2D eigenvalue weighted by Crippen LogP contribution is -2.26. The second-order valence-corrected chi connectivity index (χ2v) is 8.16. The lowest BCUT2D eigenvalue weighted by atomic mass is 10.1. The molecule has 7 heteroatoms. The zero-order chi connectivity index (χ0) is 20.4. The van der Waals surface area contributed by atoms with Crippen LogP contribution in [0.4, 0.5) is 21.9 Å². The zero-order valence-corrected chi connectivity index (χ0v) is 17.6. The summed E-state index contributed by atoms with van der Waals surface area (Å²) < 4.78 is 6.40. The second-order valence-electron chi connectivity index (χ2n) is 7.30. The maximum Gasteiger partial charge on any atom is 0.362 e. The first kappa shape index (κ1) is 19.5. The average Bonchev–Trinajstić information content (AvgIpc) is 3.20. The van der Waals surface area contributed by atoms with Crippen LogP contribution in [0.25, 0.3) is 11.0 Å². The van der Waals surface area contributed by atoms with Gasteiger partial charge in [-0.1, -0.05) is 40.9 Å². The van der Waals surface area contributed by atoms with E-state index in [0.29, 0.717) is 17.0 Å². The first-order valence-corrected chi connectivity index (χ1v) is 10.5. The fourth-order valence-corrected chi connectivity index (χ4v) is 3.93. The molecule has 0 unspecified atom stereocenters. The van der Waals surface area contributed by atoms with Crippen molar-refractivity contribution in [3.8, 4) is 0 Å². The van der Waals surface area contributed by atoms with E-state index in [2.05, 4.69) is 31.9 Å². The molecule has 3 N–H and O–H groups in total. The Bertz CT molecular complexity index is 1120. The molecule has 0 spiro atoms. The van der Waals surface area contributed by atoms with Gasteiger partial charge in [-0.15, -0.1) is 0 Å². The topological polar surface area (TPSA) is 83.4 Å². The zero-order valence-electron chi connectivity index (χ0n) is 16.0. The molecular weight excluding hydrogens is 434 g/mol. The quantitative estimate of drug-likeness (QED) is 0.430. The smallest absolute Gasteiger partial charge is 0.362 e. The maximum absolute atomic E-state index is 12.7. The molecule has 0 saturated heterocycles. The van der Waals surface area contributed by atoms with Crippen molar-refractivity contribution in [2.45, 2.75) is 38.6 Å². The number of carbonyl (C=O) groups excluding carboxylic acids is 1. The number of anilines is 3. The molecular formula is C22H22BrN3O3. The van der Waals surface area contributed by atoms with E-state index in [0.717, 1.165) is 41.1 Å². The summed E-state index contributed by atoms with van der Waals surface area (Å²) in [7, 11) is 0. The number of hydrogen-bond acceptors (Lipinski definition) is 4. The third-order valence-corrected chi connectivity index (χ3v) is 6.06. The van der Waals surface area contributed by atoms with E-state index in [1.807, 2.05) is 37.3 Å². The van der Waals surface area contributed by atoms with Crippen molar-refractivity contribution in [1.29, 1.82) is 0 Å². The first-order valence-electron chi connectivity index (χ1n) is 9.68. The summed E-state index contributed by atoms with van der Waals surface area (Å²) in [4.78, 5) is 25.3. The van der Waals surface area contributed by atoms with Crippen molar-refractivity contribution in [1.82, 2.24) is 0 Å². The fraction of sp³-hybridized carbons (Fsp3) is 0.273. The molecule has 1 aromatic heterocycles. The number of benzene rings is 2. The molecule has 1 aliphatic rings. The second kappa shape index (κ2) is 8.29. The third-order valence-electron chi connectivity index (χ3n) is 5.17. The molecule has 2 aromatic carbocycles. The van der Waals surface area contributed by atoms with Crippen molar-refractivity contribution in [2.24, 2.45) is 0 Å². The molecule has 2 amide bonds. The first-order chi connectivity index (χ1) is 14.0. The van der Waals surface area contributed by atoms with Crippen LogP contribution in [0.1, 0.15) is 31.2 Å². The highest BCUT2D eigenvalue weighted by Gasteiger charge is 2.21. The average molecular weight is 456 g/mol. The summed E-state index contributed by atoms with van der Waals surface area (Å²) in [5.41, 5.74) is 2.29. The van der Waals surface area contributed by atoms with Gasteiger partial charge in [-0.2, -0.15) is 0 Å². The number of para-hydroxylation sites is 1. The summed E-state index contributed by atoms with van der Waals surface area (Å²) in [6.45, 7) is 1.94. The van der Waals surface area contributed by atoms with E-state index in [4.69, 9.17) is 4.42 Å². The lowest BCUT2D eigenvalue weighted by Gasteiger charge is -2.18. The Labute approximate surface area is 176 Å². The summed E-state index contributed by atoms with van der Waals surface area (Å²) in [6, 6.07) is 12.6. The number of urea groups is 1. The van der Waals surface area contributed by atoms with Crippen LogP contribution in [0.15, 0.2) is 56.1 Å². The van der Waals surface area contributed by atoms with Gasteiger partial charge in [-0.05, 0) is 55.7 Å². The Hall–Kier alpha value is -2.80. The minimum Gasteiger partial charge on any atom is -0.421 e. The van der Waals surface area contributed by atoms with Gasteiger partial charge in [0.15, 0.2) is 5.69 Å². The molecule has 1 aliphatic carbocycles. The number of nitrogens with one attached hydrogen (secondary N) is 3. The van der Waals surface area contributed by atoms with Gasteiger partial charge in [-0.25, -0.2) is 9.59 Å². The maximum atomic E-state index is 12.7. The normalized spacial score (nSPS) is 14.1. The Morgan fingerprint density at radius 2 is 1.83 bits per heavy atom. The van der Waals surface area contributed by atoms with E-state index in [1.54, 1.807) is 12.1 Å². The number of aryl methyl sites for hydroxylation is 1. The molecule has 1 heterocycles. The van der Waals surface area contributed by atoms with Crippen LogP contribution in [0.5, 0.6) is 0 Å². The van der Waals surface area contributed by atoms with Gasteiger partial charge in [0.25, 0.3) is 0 Å². The van der Waals surface area contributed by atoms with Crippen LogP contribution in [0.3, 0.4) is 0 Å². The van der Waals surface area contributed by atoms with Crippen LogP contribution in [0.2, 0.25) is 0 Å². The highest BCUT2D eigenvalue weighted by atomic mass is 79.9. The number of carbonyl (C=O) groups is 1. The van der Waals surface area contributed by atoms with Crippen LogP contribution < -0.4 is 21.6 Å². The predicted molar refractivity (Wildman–Crippen MR) is 120 cm³/mol. The Morgan fingerprint density at radius 3 is 2.59 bits per heavy atom. The summed E-state index contributed by atoms with van der Waals surface area (Å²) in [5, 5.41) is 9.71. The van der Waals surface area contributed by atoms with E-state index in [1.165, 1.54) is 0 Å². The van der Waals surface area contributed by atoms with Crippen LogP contribution in [-0.2, 0) is 0 Å². The van der Waals surface area contributed by atoms with Crippen LogP contribution >= 0.6 is 15.9 Å². The van der Waals surface area contributed by atoms with Gasteiger partial charge < -0.3 is 15.1 Å². The molecule has 1 fully saturated rings. The van der Waals surface area contributed by atoms with Gasteiger partial charge >= 0.3 is 11.7 Å². The molecule has 0 aliphatic heterocycles. The Kier molecular flexibility index (Phi) is 5.58. The van der Waals surface area contributed by atoms with Crippen molar-refractivity contribution in [2.75, 3.05) is 16.0 Å². The third kappa shape index (κ3) is 4.29. The van der Waals surface area contributed by atoms with Gasteiger partial charge in [0, 0.05) is 21.6 Å². The number of amides is 2. The molecule has 29 heavy (non-hydrogen) atoms. The van der Waals surface area contributed by atoms with E-state index >= 15 is 0 Å². The molecule has 0 radical (unpaired) electrons. The van der Waals surface area contributed by atoms with Gasteiger partial charge in [-0.3, -0.25) is 5.32 Å². The molecule has 0 atom stereocenters. The van der Waals surface area contributed by atoms with Crippen molar-refractivity contribution >= 4 is 50.0 Å². The number of halogens is 1. The van der Waals surface area contributed by atoms with Crippen molar-refractivity contribution in [3.05, 3.63) is 62.9 Å². The largest absolute Gasteiger partial charge is 0.421 e. The Morgan fingerprint density at radius 1 is 1.07 bits per heavy atom. The number of rotatable bonds is 4. The van der Waals surface area contributed by atoms with Gasteiger partial charge in [0.1, 0.15) is 5.58 Å². The lowest BCUT2D eigenvalue weighted by molar-refractivity contribution is 0.262. The fourth-order valence-electron chi connectivity index (χ4n) is 3.69. The van der Waals surface area contributed by atoms with Crippen LogP contribution in [-0.4, -0.2) is 12.1 Å².